The lowest BCUT2D eigenvalue weighted by atomic mass is 9.53. The zero-order valence-electron chi connectivity index (χ0n) is 14.5. The second-order valence-corrected chi connectivity index (χ2v) is 8.18. The van der Waals surface area contributed by atoms with Crippen molar-refractivity contribution in [2.45, 2.75) is 44.1 Å². The summed E-state index contributed by atoms with van der Waals surface area (Å²) in [5, 5.41) is 8.07. The predicted octanol–water partition coefficient (Wildman–Crippen LogP) is 3.17. The summed E-state index contributed by atoms with van der Waals surface area (Å²) in [6.45, 7) is -0.195. The molecule has 0 saturated heterocycles. The fraction of sp³-hybridized carbons (Fsp3) is 0.579. The highest BCUT2D eigenvalue weighted by atomic mass is 19.2. The quantitative estimate of drug-likeness (QED) is 0.770. The van der Waals surface area contributed by atoms with Gasteiger partial charge in [0.05, 0.1) is 6.54 Å². The first-order valence-corrected chi connectivity index (χ1v) is 9.22. The second-order valence-electron chi connectivity index (χ2n) is 8.18. The van der Waals surface area contributed by atoms with Gasteiger partial charge >= 0.3 is 6.03 Å². The fourth-order valence-electron chi connectivity index (χ4n) is 5.50. The molecule has 0 spiro atoms. The topological polar surface area (TPSA) is 70.2 Å². The third kappa shape index (κ3) is 3.52. The maximum absolute atomic E-state index is 13.1. The number of urea groups is 1. The van der Waals surface area contributed by atoms with Crippen LogP contribution >= 0.6 is 0 Å². The van der Waals surface area contributed by atoms with Crippen molar-refractivity contribution in [2.75, 3.05) is 11.9 Å². The first kappa shape index (κ1) is 17.2. The van der Waals surface area contributed by atoms with E-state index in [4.69, 9.17) is 0 Å². The van der Waals surface area contributed by atoms with Crippen LogP contribution in [0.2, 0.25) is 0 Å². The van der Waals surface area contributed by atoms with E-state index in [0.29, 0.717) is 17.8 Å². The average molecular weight is 363 g/mol. The molecule has 4 fully saturated rings. The summed E-state index contributed by atoms with van der Waals surface area (Å²) < 4.78 is 26.0. The third-order valence-electron chi connectivity index (χ3n) is 6.04. The number of carbonyl (C=O) groups is 2. The van der Waals surface area contributed by atoms with Gasteiger partial charge in [-0.25, -0.2) is 13.6 Å². The van der Waals surface area contributed by atoms with E-state index >= 15 is 0 Å². The molecule has 140 valence electrons. The number of hydrogen-bond donors (Lipinski definition) is 3. The van der Waals surface area contributed by atoms with Crippen LogP contribution in [0.3, 0.4) is 0 Å². The van der Waals surface area contributed by atoms with E-state index in [0.717, 1.165) is 31.4 Å². The van der Waals surface area contributed by atoms with Crippen LogP contribution in [0.25, 0.3) is 0 Å². The highest BCUT2D eigenvalue weighted by Crippen LogP contribution is 2.55. The highest BCUT2D eigenvalue weighted by Gasteiger charge is 2.51. The van der Waals surface area contributed by atoms with Crippen molar-refractivity contribution in [2.24, 2.45) is 17.8 Å². The van der Waals surface area contributed by atoms with Crippen molar-refractivity contribution in [1.29, 1.82) is 0 Å². The van der Waals surface area contributed by atoms with E-state index < -0.39 is 23.6 Å². The molecule has 4 aliphatic rings. The van der Waals surface area contributed by atoms with E-state index in [9.17, 15) is 18.4 Å². The van der Waals surface area contributed by atoms with Gasteiger partial charge in [0.25, 0.3) is 0 Å². The van der Waals surface area contributed by atoms with Gasteiger partial charge in [-0.3, -0.25) is 10.1 Å². The first-order chi connectivity index (χ1) is 12.4. The molecular formula is C19H23F2N3O2. The van der Waals surface area contributed by atoms with Gasteiger partial charge in [-0.05, 0) is 68.4 Å². The Kier molecular flexibility index (Phi) is 4.32. The number of imide groups is 1. The van der Waals surface area contributed by atoms with Crippen molar-refractivity contribution in [3.63, 3.8) is 0 Å². The lowest BCUT2D eigenvalue weighted by molar-refractivity contribution is -0.118. The molecule has 3 N–H and O–H groups in total. The number of amides is 3. The van der Waals surface area contributed by atoms with Crippen LogP contribution in [0.1, 0.15) is 38.5 Å². The standard InChI is InChI=1S/C19H23F2N3O2/c20-15-2-1-14(6-16(15)21)22-10-17(25)23-18(26)24-19-7-11-3-12(8-19)5-13(4-11)9-19/h1-2,6,11-13,22H,3-5,7-10H2,(H2,23,24,25,26). The molecule has 1 aromatic rings. The first-order valence-electron chi connectivity index (χ1n) is 9.22. The summed E-state index contributed by atoms with van der Waals surface area (Å²) in [5.41, 5.74) is 0.118. The van der Waals surface area contributed by atoms with Crippen LogP contribution in [-0.4, -0.2) is 24.0 Å². The number of rotatable bonds is 4. The van der Waals surface area contributed by atoms with E-state index in [2.05, 4.69) is 16.0 Å². The summed E-state index contributed by atoms with van der Waals surface area (Å²) >= 11 is 0. The number of hydrogen-bond acceptors (Lipinski definition) is 3. The SMILES string of the molecule is O=C(CNc1ccc(F)c(F)c1)NC(=O)NC12CC3CC(CC(C3)C1)C2. The lowest BCUT2D eigenvalue weighted by Crippen LogP contribution is -2.62. The molecule has 1 aromatic carbocycles. The van der Waals surface area contributed by atoms with Gasteiger partial charge in [-0.15, -0.1) is 0 Å². The molecule has 5 nitrogen and oxygen atoms in total. The van der Waals surface area contributed by atoms with Crippen LogP contribution < -0.4 is 16.0 Å². The van der Waals surface area contributed by atoms with E-state index in [1.54, 1.807) is 0 Å². The third-order valence-corrected chi connectivity index (χ3v) is 6.04. The predicted molar refractivity (Wildman–Crippen MR) is 92.4 cm³/mol. The molecule has 0 unspecified atom stereocenters. The number of benzene rings is 1. The largest absolute Gasteiger partial charge is 0.376 e. The van der Waals surface area contributed by atoms with Gasteiger partial charge in [-0.1, -0.05) is 0 Å². The van der Waals surface area contributed by atoms with Gasteiger partial charge < -0.3 is 10.6 Å². The fourth-order valence-corrected chi connectivity index (χ4v) is 5.50. The van der Waals surface area contributed by atoms with Crippen molar-refractivity contribution < 1.29 is 18.4 Å². The molecule has 0 radical (unpaired) electrons. The average Bonchev–Trinajstić information content (AvgIpc) is 2.54. The lowest BCUT2D eigenvalue weighted by Gasteiger charge is -2.56. The van der Waals surface area contributed by atoms with E-state index in [-0.39, 0.29) is 17.8 Å². The Morgan fingerprint density at radius 1 is 1.00 bits per heavy atom. The van der Waals surface area contributed by atoms with Crippen molar-refractivity contribution in [3.05, 3.63) is 29.8 Å². The van der Waals surface area contributed by atoms with Crippen LogP contribution in [0.5, 0.6) is 0 Å². The highest BCUT2D eigenvalue weighted by molar-refractivity contribution is 5.96. The second kappa shape index (κ2) is 6.52. The molecule has 26 heavy (non-hydrogen) atoms. The minimum Gasteiger partial charge on any atom is -0.376 e. The number of carbonyl (C=O) groups excluding carboxylic acids is 2. The van der Waals surface area contributed by atoms with E-state index in [1.165, 1.54) is 25.3 Å². The molecule has 4 bridgehead atoms. The molecule has 0 heterocycles. The maximum Gasteiger partial charge on any atom is 0.321 e. The number of nitrogens with one attached hydrogen (secondary N) is 3. The Labute approximate surface area is 150 Å². The Balaban J connectivity index is 1.28. The molecule has 5 rings (SSSR count). The molecule has 0 atom stereocenters. The summed E-state index contributed by atoms with van der Waals surface area (Å²) in [5.74, 6) is -0.353. The van der Waals surface area contributed by atoms with Gasteiger partial charge in [0.1, 0.15) is 0 Å². The van der Waals surface area contributed by atoms with E-state index in [1.807, 2.05) is 0 Å². The molecule has 3 amide bonds. The Hall–Kier alpha value is -2.18. The molecule has 7 heteroatoms. The Morgan fingerprint density at radius 2 is 1.62 bits per heavy atom. The van der Waals surface area contributed by atoms with Gasteiger partial charge in [0.2, 0.25) is 5.91 Å². The zero-order valence-corrected chi connectivity index (χ0v) is 14.5. The monoisotopic (exact) mass is 363 g/mol. The maximum atomic E-state index is 13.1. The molecule has 0 aliphatic heterocycles. The van der Waals surface area contributed by atoms with Gasteiger partial charge in [0, 0.05) is 17.3 Å². The minimum absolute atomic E-state index is 0.160. The normalized spacial score (nSPS) is 31.5. The Morgan fingerprint density at radius 3 is 2.19 bits per heavy atom. The summed E-state index contributed by atoms with van der Waals surface area (Å²) in [4.78, 5) is 24.2. The molecule has 0 aromatic heterocycles. The van der Waals surface area contributed by atoms with Gasteiger partial charge in [-0.2, -0.15) is 0 Å². The summed E-state index contributed by atoms with van der Waals surface area (Å²) in [6.07, 6.45) is 6.86. The van der Waals surface area contributed by atoms with Crippen LogP contribution in [0.4, 0.5) is 19.3 Å². The van der Waals surface area contributed by atoms with Crippen LogP contribution in [-0.2, 0) is 4.79 Å². The number of anilines is 1. The van der Waals surface area contributed by atoms with Crippen molar-refractivity contribution in [3.8, 4) is 0 Å². The van der Waals surface area contributed by atoms with Crippen molar-refractivity contribution >= 4 is 17.6 Å². The molecule has 4 aliphatic carbocycles. The van der Waals surface area contributed by atoms with Gasteiger partial charge in [0.15, 0.2) is 11.6 Å². The summed E-state index contributed by atoms with van der Waals surface area (Å²) in [6, 6.07) is 2.82. The number of halogens is 2. The van der Waals surface area contributed by atoms with Crippen LogP contribution in [0, 0.1) is 29.4 Å². The Bertz CT molecular complexity index is 702. The summed E-state index contributed by atoms with van der Waals surface area (Å²) in [7, 11) is 0. The van der Waals surface area contributed by atoms with Crippen LogP contribution in [0.15, 0.2) is 18.2 Å². The molecular weight excluding hydrogens is 340 g/mol. The molecule has 4 saturated carbocycles. The minimum atomic E-state index is -0.991. The smallest absolute Gasteiger partial charge is 0.321 e. The zero-order chi connectivity index (χ0) is 18.3. The van der Waals surface area contributed by atoms with Crippen molar-refractivity contribution in [1.82, 2.24) is 10.6 Å².